The lowest BCUT2D eigenvalue weighted by atomic mass is 9.90. The Bertz CT molecular complexity index is 923. The first kappa shape index (κ1) is 14.7. The van der Waals surface area contributed by atoms with E-state index in [0.29, 0.717) is 11.1 Å². The molecule has 22 heavy (non-hydrogen) atoms. The van der Waals surface area contributed by atoms with Crippen molar-refractivity contribution in [3.63, 3.8) is 0 Å². The summed E-state index contributed by atoms with van der Waals surface area (Å²) in [5.41, 5.74) is -0.0272. The van der Waals surface area contributed by atoms with Gasteiger partial charge in [-0.2, -0.15) is 5.10 Å². The zero-order valence-corrected chi connectivity index (χ0v) is 12.4. The highest BCUT2D eigenvalue weighted by Gasteiger charge is 2.26. The van der Waals surface area contributed by atoms with Crippen LogP contribution in [0.15, 0.2) is 6.07 Å². The van der Waals surface area contributed by atoms with Crippen LogP contribution in [0.5, 0.6) is 0 Å². The number of rotatable bonds is 0. The third-order valence-electron chi connectivity index (χ3n) is 3.55. The zero-order valence-electron chi connectivity index (χ0n) is 12.4. The van der Waals surface area contributed by atoms with Gasteiger partial charge in [-0.3, -0.25) is 4.68 Å². The van der Waals surface area contributed by atoms with E-state index in [1.54, 1.807) is 7.05 Å². The Hall–Kier alpha value is -2.18. The summed E-state index contributed by atoms with van der Waals surface area (Å²) in [6.45, 7) is 5.71. The lowest BCUT2D eigenvalue weighted by Gasteiger charge is -2.15. The van der Waals surface area contributed by atoms with Crippen molar-refractivity contribution >= 4 is 21.9 Å². The molecule has 0 N–H and O–H groups in total. The van der Waals surface area contributed by atoms with Crippen molar-refractivity contribution in [3.05, 3.63) is 35.0 Å². The van der Waals surface area contributed by atoms with E-state index in [4.69, 9.17) is 0 Å². The predicted octanol–water partition coefficient (Wildman–Crippen LogP) is 3.98. The maximum Gasteiger partial charge on any atom is 0.199 e. The van der Waals surface area contributed by atoms with Crippen LogP contribution in [0.3, 0.4) is 0 Å². The zero-order chi connectivity index (χ0) is 16.4. The fourth-order valence-electron chi connectivity index (χ4n) is 2.48. The van der Waals surface area contributed by atoms with Gasteiger partial charge < -0.3 is 0 Å². The van der Waals surface area contributed by atoms with E-state index >= 15 is 0 Å². The summed E-state index contributed by atoms with van der Waals surface area (Å²) in [6, 6.07) is 1.27. The van der Waals surface area contributed by atoms with Gasteiger partial charge in [0.2, 0.25) is 0 Å². The van der Waals surface area contributed by atoms with Crippen LogP contribution in [0.4, 0.5) is 17.6 Å². The van der Waals surface area contributed by atoms with Crippen LogP contribution in [0.2, 0.25) is 0 Å². The molecule has 0 amide bonds. The molecule has 0 fully saturated rings. The molecule has 1 aromatic carbocycles. The lowest BCUT2D eigenvalue weighted by Crippen LogP contribution is -2.12. The van der Waals surface area contributed by atoms with Crippen LogP contribution in [0.1, 0.15) is 26.5 Å². The average molecular weight is 311 g/mol. The smallest absolute Gasteiger partial charge is 0.199 e. The quantitative estimate of drug-likeness (QED) is 0.357. The Morgan fingerprint density at radius 1 is 0.909 bits per heavy atom. The monoisotopic (exact) mass is 311 g/mol. The molecule has 116 valence electrons. The minimum absolute atomic E-state index is 0.279. The molecular formula is C15H13F4N3. The molecule has 0 aliphatic rings. The number of benzene rings is 1. The van der Waals surface area contributed by atoms with E-state index < -0.39 is 34.2 Å². The molecule has 0 saturated heterocycles. The summed E-state index contributed by atoms with van der Waals surface area (Å²) < 4.78 is 56.0. The molecule has 7 heteroatoms. The van der Waals surface area contributed by atoms with Crippen LogP contribution in [0, 0.1) is 23.3 Å². The van der Waals surface area contributed by atoms with Gasteiger partial charge in [0.25, 0.3) is 0 Å². The third kappa shape index (κ3) is 1.88. The lowest BCUT2D eigenvalue weighted by molar-refractivity contribution is 0.417. The van der Waals surface area contributed by atoms with Crippen molar-refractivity contribution in [2.75, 3.05) is 0 Å². The highest BCUT2D eigenvalue weighted by Crippen LogP contribution is 2.33. The molecule has 0 bridgehead atoms. The van der Waals surface area contributed by atoms with Gasteiger partial charge in [0.05, 0.1) is 5.69 Å². The van der Waals surface area contributed by atoms with E-state index in [1.807, 2.05) is 20.8 Å². The first-order valence-corrected chi connectivity index (χ1v) is 6.62. The van der Waals surface area contributed by atoms with E-state index in [0.717, 1.165) is 0 Å². The van der Waals surface area contributed by atoms with Gasteiger partial charge in [-0.05, 0) is 6.07 Å². The number of aryl methyl sites for hydroxylation is 1. The van der Waals surface area contributed by atoms with Gasteiger partial charge in [-0.25, -0.2) is 22.5 Å². The van der Waals surface area contributed by atoms with Crippen molar-refractivity contribution in [1.29, 1.82) is 0 Å². The number of nitrogens with zero attached hydrogens (tertiary/aromatic N) is 3. The van der Waals surface area contributed by atoms with Crippen molar-refractivity contribution in [3.8, 4) is 0 Å². The molecule has 0 saturated carbocycles. The number of fused-ring (bicyclic) bond motifs is 2. The molecule has 0 radical (unpaired) electrons. The van der Waals surface area contributed by atoms with Gasteiger partial charge >= 0.3 is 0 Å². The van der Waals surface area contributed by atoms with Gasteiger partial charge in [0.15, 0.2) is 28.9 Å². The summed E-state index contributed by atoms with van der Waals surface area (Å²) in [6.07, 6.45) is 0. The van der Waals surface area contributed by atoms with Crippen LogP contribution in [-0.2, 0) is 12.5 Å². The highest BCUT2D eigenvalue weighted by molar-refractivity contribution is 5.93. The van der Waals surface area contributed by atoms with Gasteiger partial charge in [-0.1, -0.05) is 20.8 Å². The third-order valence-corrected chi connectivity index (χ3v) is 3.55. The molecular weight excluding hydrogens is 298 g/mol. The van der Waals surface area contributed by atoms with Crippen LogP contribution >= 0.6 is 0 Å². The minimum atomic E-state index is -1.87. The maximum atomic E-state index is 14.0. The number of aromatic nitrogens is 3. The first-order chi connectivity index (χ1) is 10.1. The van der Waals surface area contributed by atoms with E-state index in [1.165, 1.54) is 10.7 Å². The Labute approximate surface area is 123 Å². The van der Waals surface area contributed by atoms with Gasteiger partial charge in [0.1, 0.15) is 5.52 Å². The second kappa shape index (κ2) is 4.41. The SMILES string of the molecule is Cn1nc(C(C)(C)C)c2cc3c(F)c(F)c(F)c(F)c3nc21. The second-order valence-corrected chi connectivity index (χ2v) is 6.23. The van der Waals surface area contributed by atoms with Gasteiger partial charge in [0, 0.05) is 23.2 Å². The number of pyridine rings is 1. The molecule has 0 aliphatic carbocycles. The van der Waals surface area contributed by atoms with E-state index in [2.05, 4.69) is 10.1 Å². The normalized spacial score (nSPS) is 12.5. The topological polar surface area (TPSA) is 30.7 Å². The fraction of sp³-hybridized carbons (Fsp3) is 0.333. The Balaban J connectivity index is 2.54. The number of halogens is 4. The highest BCUT2D eigenvalue weighted by atomic mass is 19.2. The predicted molar refractivity (Wildman–Crippen MR) is 74.5 cm³/mol. The number of hydrogen-bond donors (Lipinski definition) is 0. The number of hydrogen-bond acceptors (Lipinski definition) is 2. The van der Waals surface area contributed by atoms with Crippen molar-refractivity contribution in [1.82, 2.24) is 14.8 Å². The molecule has 3 rings (SSSR count). The molecule has 0 spiro atoms. The molecule has 2 aromatic heterocycles. The second-order valence-electron chi connectivity index (χ2n) is 6.23. The molecule has 2 heterocycles. The summed E-state index contributed by atoms with van der Waals surface area (Å²) >= 11 is 0. The minimum Gasteiger partial charge on any atom is -0.250 e. The fourth-order valence-corrected chi connectivity index (χ4v) is 2.48. The average Bonchev–Trinajstić information content (AvgIpc) is 2.78. The Morgan fingerprint density at radius 2 is 1.50 bits per heavy atom. The Morgan fingerprint density at radius 3 is 2.09 bits per heavy atom. The first-order valence-electron chi connectivity index (χ1n) is 6.62. The standard InChI is InChI=1S/C15H13F4N3/c1-15(2,3)13-7-5-6-8(16)9(17)10(18)11(19)12(6)20-14(7)22(4)21-13/h5H,1-4H3. The van der Waals surface area contributed by atoms with Gasteiger partial charge in [-0.15, -0.1) is 0 Å². The van der Waals surface area contributed by atoms with Crippen molar-refractivity contribution in [2.24, 2.45) is 7.05 Å². The summed E-state index contributed by atoms with van der Waals surface area (Å²) in [4.78, 5) is 3.95. The summed E-state index contributed by atoms with van der Waals surface area (Å²) in [7, 11) is 1.60. The summed E-state index contributed by atoms with van der Waals surface area (Å²) in [5.74, 6) is -6.66. The van der Waals surface area contributed by atoms with Crippen LogP contribution < -0.4 is 0 Å². The molecule has 0 atom stereocenters. The van der Waals surface area contributed by atoms with E-state index in [9.17, 15) is 17.6 Å². The molecule has 3 nitrogen and oxygen atoms in total. The van der Waals surface area contributed by atoms with Crippen LogP contribution in [0.25, 0.3) is 21.9 Å². The molecule has 0 aliphatic heterocycles. The van der Waals surface area contributed by atoms with E-state index in [-0.39, 0.29) is 11.1 Å². The summed E-state index contributed by atoms with van der Waals surface area (Å²) in [5, 5.41) is 4.39. The Kier molecular flexibility index (Phi) is 2.95. The van der Waals surface area contributed by atoms with Crippen molar-refractivity contribution < 1.29 is 17.6 Å². The molecule has 0 unspecified atom stereocenters. The molecule has 3 aromatic rings. The largest absolute Gasteiger partial charge is 0.250 e. The van der Waals surface area contributed by atoms with Crippen molar-refractivity contribution in [2.45, 2.75) is 26.2 Å². The van der Waals surface area contributed by atoms with Crippen LogP contribution in [-0.4, -0.2) is 14.8 Å². The maximum absolute atomic E-state index is 14.0.